The molecule has 0 fully saturated rings. The quantitative estimate of drug-likeness (QED) is 0.485. The van der Waals surface area contributed by atoms with E-state index in [1.54, 1.807) is 30.3 Å². The van der Waals surface area contributed by atoms with Gasteiger partial charge in [-0.3, -0.25) is 10.2 Å². The van der Waals surface area contributed by atoms with Crippen molar-refractivity contribution in [1.29, 1.82) is 0 Å². The number of carbonyl (C=O) groups is 2. The number of carbonyl (C=O) groups excluding carboxylic acids is 2. The molecule has 2 aromatic carbocycles. The zero-order chi connectivity index (χ0) is 24.1. The van der Waals surface area contributed by atoms with E-state index in [1.807, 2.05) is 18.2 Å². The highest BCUT2D eigenvalue weighted by Crippen LogP contribution is 2.40. The van der Waals surface area contributed by atoms with Crippen molar-refractivity contribution in [3.63, 3.8) is 0 Å². The van der Waals surface area contributed by atoms with Gasteiger partial charge in [-0.25, -0.2) is 18.6 Å². The lowest BCUT2D eigenvalue weighted by molar-refractivity contribution is -0.121. The minimum absolute atomic E-state index is 0.163. The van der Waals surface area contributed by atoms with Crippen LogP contribution in [0.2, 0.25) is 5.02 Å². The number of hydroxylamine groups is 1. The van der Waals surface area contributed by atoms with Crippen LogP contribution in [0.3, 0.4) is 0 Å². The summed E-state index contributed by atoms with van der Waals surface area (Å²) in [6.45, 7) is 0.163. The van der Waals surface area contributed by atoms with Crippen LogP contribution in [-0.4, -0.2) is 26.2 Å². The topological polar surface area (TPSA) is 127 Å². The van der Waals surface area contributed by atoms with Gasteiger partial charge in [0.25, 0.3) is 0 Å². The Balaban J connectivity index is 1.34. The molecule has 10 nitrogen and oxygen atoms in total. The van der Waals surface area contributed by atoms with Gasteiger partial charge in [-0.2, -0.15) is 5.06 Å². The van der Waals surface area contributed by atoms with Gasteiger partial charge in [-0.05, 0) is 36.4 Å². The summed E-state index contributed by atoms with van der Waals surface area (Å²) in [5.41, 5.74) is 5.42. The molecule has 34 heavy (non-hydrogen) atoms. The third-order valence-electron chi connectivity index (χ3n) is 4.78. The molecule has 0 radical (unpaired) electrons. The number of sulfone groups is 1. The number of hydrazine groups is 1. The minimum atomic E-state index is -3.56. The Morgan fingerprint density at radius 2 is 1.88 bits per heavy atom. The average Bonchev–Trinajstić information content (AvgIpc) is 3.25. The van der Waals surface area contributed by atoms with Crippen LogP contribution in [0, 0.1) is 0 Å². The molecule has 1 aromatic heterocycles. The number of amides is 2. The van der Waals surface area contributed by atoms with Crippen molar-refractivity contribution >= 4 is 39.1 Å². The molecule has 4 rings (SSSR count). The van der Waals surface area contributed by atoms with E-state index >= 15 is 0 Å². The van der Waals surface area contributed by atoms with Crippen LogP contribution in [0.1, 0.15) is 17.7 Å². The number of nitrogens with zero attached hydrogens (tertiary/aromatic N) is 1. The van der Waals surface area contributed by atoms with Crippen molar-refractivity contribution in [3.8, 4) is 11.5 Å². The molecule has 0 saturated carbocycles. The van der Waals surface area contributed by atoms with E-state index < -0.39 is 27.6 Å². The van der Waals surface area contributed by atoms with E-state index in [4.69, 9.17) is 25.6 Å². The van der Waals surface area contributed by atoms with Gasteiger partial charge >= 0.3 is 6.09 Å². The smallest absolute Gasteiger partial charge is 0.450 e. The van der Waals surface area contributed by atoms with Gasteiger partial charge < -0.3 is 14.0 Å². The van der Waals surface area contributed by atoms with E-state index in [2.05, 4.69) is 10.9 Å². The van der Waals surface area contributed by atoms with Crippen LogP contribution >= 0.6 is 11.6 Å². The lowest BCUT2D eigenvalue weighted by atomic mass is 10.2. The molecule has 1 aliphatic rings. The molecule has 2 heterocycles. The molecular formula is C22H20ClN3O7S. The van der Waals surface area contributed by atoms with Gasteiger partial charge in [0, 0.05) is 17.0 Å². The van der Waals surface area contributed by atoms with Crippen LogP contribution in [0.25, 0.3) is 0 Å². The maximum absolute atomic E-state index is 12.4. The fourth-order valence-electron chi connectivity index (χ4n) is 3.18. The molecule has 0 saturated heterocycles. The summed E-state index contributed by atoms with van der Waals surface area (Å²) >= 11 is 6.11. The number of hydrogen-bond acceptors (Lipinski definition) is 8. The van der Waals surface area contributed by atoms with Crippen LogP contribution in [-0.2, 0) is 31.8 Å². The molecule has 0 bridgehead atoms. The summed E-state index contributed by atoms with van der Waals surface area (Å²) in [7, 11) is -3.56. The Kier molecular flexibility index (Phi) is 6.94. The van der Waals surface area contributed by atoms with Crippen molar-refractivity contribution in [2.24, 2.45) is 0 Å². The normalized spacial score (nSPS) is 12.6. The number of nitrogens with one attached hydrogen (secondary N) is 2. The second-order valence-electron chi connectivity index (χ2n) is 7.33. The average molecular weight is 506 g/mol. The molecular weight excluding hydrogens is 486 g/mol. The number of ether oxygens (including phenoxy) is 1. The Morgan fingerprint density at radius 3 is 2.68 bits per heavy atom. The first-order chi connectivity index (χ1) is 16.3. The monoisotopic (exact) mass is 505 g/mol. The summed E-state index contributed by atoms with van der Waals surface area (Å²) < 4.78 is 35.1. The summed E-state index contributed by atoms with van der Waals surface area (Å²) in [6.07, 6.45) is 0.0262. The van der Waals surface area contributed by atoms with E-state index in [1.165, 1.54) is 17.4 Å². The first-order valence-corrected chi connectivity index (χ1v) is 12.3. The first kappa shape index (κ1) is 23.5. The summed E-state index contributed by atoms with van der Waals surface area (Å²) in [5.74, 6) is -0.126. The second kappa shape index (κ2) is 10.1. The van der Waals surface area contributed by atoms with Gasteiger partial charge in [-0.15, -0.1) is 0 Å². The van der Waals surface area contributed by atoms with E-state index in [0.717, 1.165) is 5.56 Å². The molecule has 0 spiro atoms. The van der Waals surface area contributed by atoms with Gasteiger partial charge in [0.15, 0.2) is 15.6 Å². The zero-order valence-corrected chi connectivity index (χ0v) is 19.3. The Bertz CT molecular complexity index is 1300. The Labute approximate surface area is 200 Å². The van der Waals surface area contributed by atoms with Crippen molar-refractivity contribution in [3.05, 3.63) is 77.2 Å². The summed E-state index contributed by atoms with van der Waals surface area (Å²) in [4.78, 5) is 29.8. The fourth-order valence-corrected chi connectivity index (χ4v) is 4.59. The van der Waals surface area contributed by atoms with Gasteiger partial charge in [0.1, 0.15) is 22.9 Å². The molecule has 2 amide bonds. The highest BCUT2D eigenvalue weighted by atomic mass is 35.5. The van der Waals surface area contributed by atoms with Crippen molar-refractivity contribution in [1.82, 2.24) is 10.9 Å². The molecule has 2 N–H and O–H groups in total. The van der Waals surface area contributed by atoms with E-state index in [9.17, 15) is 18.0 Å². The second-order valence-corrected chi connectivity index (χ2v) is 9.95. The first-order valence-electron chi connectivity index (χ1n) is 10.1. The predicted molar refractivity (Wildman–Crippen MR) is 123 cm³/mol. The van der Waals surface area contributed by atoms with Crippen LogP contribution in [0.5, 0.6) is 11.5 Å². The summed E-state index contributed by atoms with van der Waals surface area (Å²) in [5, 5.41) is 1.69. The van der Waals surface area contributed by atoms with Crippen molar-refractivity contribution in [2.45, 2.75) is 18.7 Å². The van der Waals surface area contributed by atoms with Crippen molar-refractivity contribution < 1.29 is 32.0 Å². The third-order valence-corrected chi connectivity index (χ3v) is 6.56. The Hall–Kier alpha value is -3.70. The number of benzene rings is 2. The number of fused-ring (bicyclic) bond motifs is 2. The number of furan rings is 1. The molecule has 178 valence electrons. The van der Waals surface area contributed by atoms with Crippen LogP contribution in [0.4, 0.5) is 10.5 Å². The van der Waals surface area contributed by atoms with Gasteiger partial charge in [0.05, 0.1) is 18.6 Å². The molecule has 12 heteroatoms. The number of rotatable bonds is 6. The predicted octanol–water partition coefficient (Wildman–Crippen LogP) is 3.72. The maximum Gasteiger partial charge on any atom is 0.450 e. The van der Waals surface area contributed by atoms with E-state index in [-0.39, 0.29) is 24.5 Å². The molecule has 1 aliphatic heterocycles. The van der Waals surface area contributed by atoms with Crippen LogP contribution < -0.4 is 20.7 Å². The highest BCUT2D eigenvalue weighted by molar-refractivity contribution is 7.90. The number of para-hydroxylation sites is 1. The highest BCUT2D eigenvalue weighted by Gasteiger charge is 2.24. The number of halogens is 1. The molecule has 0 aliphatic carbocycles. The number of hydrogen-bond donors (Lipinski definition) is 2. The largest absolute Gasteiger partial charge is 0.468 e. The third kappa shape index (κ3) is 6.00. The molecule has 3 aromatic rings. The molecule has 0 atom stereocenters. The van der Waals surface area contributed by atoms with Gasteiger partial charge in [-0.1, -0.05) is 29.8 Å². The number of anilines is 1. The molecule has 0 unspecified atom stereocenters. The summed E-state index contributed by atoms with van der Waals surface area (Å²) in [6, 6.07) is 15.2. The van der Waals surface area contributed by atoms with Crippen molar-refractivity contribution in [2.75, 3.05) is 10.8 Å². The lowest BCUT2D eigenvalue weighted by Gasteiger charge is -2.22. The van der Waals surface area contributed by atoms with Crippen LogP contribution in [0.15, 0.2) is 65.3 Å². The van der Waals surface area contributed by atoms with Gasteiger partial charge in [0.2, 0.25) is 5.91 Å². The lowest BCUT2D eigenvalue weighted by Crippen LogP contribution is -2.44. The minimum Gasteiger partial charge on any atom is -0.468 e. The SMILES string of the molecule is O=C(CCS(=O)(=O)Cc1ccco1)NNC(=O)ON1Cc2ccccc2Oc2ccc(Cl)cc21. The Morgan fingerprint density at radius 1 is 1.06 bits per heavy atom. The standard InChI is InChI=1S/C22H20ClN3O7S/c23-16-7-8-20-18(12-16)26(13-15-4-1-2-6-19(15)32-20)33-22(28)25-24-21(27)9-11-34(29,30)14-17-5-3-10-31-17/h1-8,10,12H,9,11,13-14H2,(H,24,27)(H,25,28). The fraction of sp³-hybridized carbons (Fsp3) is 0.182. The zero-order valence-electron chi connectivity index (χ0n) is 17.7. The maximum atomic E-state index is 12.4. The van der Waals surface area contributed by atoms with E-state index in [0.29, 0.717) is 22.2 Å².